The summed E-state index contributed by atoms with van der Waals surface area (Å²) in [6.07, 6.45) is 1.02. The number of aromatic nitrogens is 1. The third-order valence-electron chi connectivity index (χ3n) is 4.03. The standard InChI is InChI=1S/C20H30N2/c1-7-15-9-8-10-17-16(13-21-12-14(2)3)11-18(20(4,5)6)22-19(15)17/h8-11,14,21H,7,12-13H2,1-6H3. The Hall–Kier alpha value is -1.41. The highest BCUT2D eigenvalue weighted by atomic mass is 14.9. The minimum Gasteiger partial charge on any atom is -0.312 e. The van der Waals surface area contributed by atoms with Crippen LogP contribution in [0.3, 0.4) is 0 Å². The van der Waals surface area contributed by atoms with Gasteiger partial charge < -0.3 is 5.32 Å². The Labute approximate surface area is 135 Å². The van der Waals surface area contributed by atoms with E-state index in [9.17, 15) is 0 Å². The van der Waals surface area contributed by atoms with E-state index in [0.29, 0.717) is 5.92 Å². The van der Waals surface area contributed by atoms with E-state index in [0.717, 1.165) is 19.5 Å². The summed E-state index contributed by atoms with van der Waals surface area (Å²) in [6, 6.07) is 8.86. The smallest absolute Gasteiger partial charge is 0.0740 e. The third-order valence-corrected chi connectivity index (χ3v) is 4.03. The topological polar surface area (TPSA) is 24.9 Å². The second-order valence-corrected chi connectivity index (χ2v) is 7.61. The van der Waals surface area contributed by atoms with Crippen LogP contribution in [-0.4, -0.2) is 11.5 Å². The summed E-state index contributed by atoms with van der Waals surface area (Å²) in [7, 11) is 0. The molecule has 0 atom stereocenters. The van der Waals surface area contributed by atoms with Gasteiger partial charge in [-0.1, -0.05) is 59.7 Å². The normalized spacial score (nSPS) is 12.3. The summed E-state index contributed by atoms with van der Waals surface area (Å²) in [4.78, 5) is 4.99. The molecule has 0 aliphatic heterocycles. The number of hydrogen-bond acceptors (Lipinski definition) is 2. The van der Waals surface area contributed by atoms with Gasteiger partial charge in [-0.25, -0.2) is 0 Å². The Morgan fingerprint density at radius 2 is 1.86 bits per heavy atom. The van der Waals surface area contributed by atoms with Crippen molar-refractivity contribution in [1.29, 1.82) is 0 Å². The molecule has 1 heterocycles. The third kappa shape index (κ3) is 3.86. The number of hydrogen-bond donors (Lipinski definition) is 1. The Balaban J connectivity index is 2.52. The summed E-state index contributed by atoms with van der Waals surface area (Å²) in [5.41, 5.74) is 5.14. The molecule has 2 nitrogen and oxygen atoms in total. The predicted molar refractivity (Wildman–Crippen MR) is 96.4 cm³/mol. The SMILES string of the molecule is CCc1cccc2c(CNCC(C)C)cc(C(C)(C)C)nc12. The maximum Gasteiger partial charge on any atom is 0.0740 e. The van der Waals surface area contributed by atoms with E-state index in [1.165, 1.54) is 27.7 Å². The van der Waals surface area contributed by atoms with Crippen molar-refractivity contribution in [1.82, 2.24) is 10.3 Å². The van der Waals surface area contributed by atoms with Gasteiger partial charge in [0.2, 0.25) is 0 Å². The minimum absolute atomic E-state index is 0.0713. The van der Waals surface area contributed by atoms with Crippen LogP contribution in [0.15, 0.2) is 24.3 Å². The van der Waals surface area contributed by atoms with Crippen molar-refractivity contribution < 1.29 is 0 Å². The fourth-order valence-electron chi connectivity index (χ4n) is 2.69. The first-order chi connectivity index (χ1) is 10.3. The Morgan fingerprint density at radius 1 is 1.14 bits per heavy atom. The minimum atomic E-state index is 0.0713. The lowest BCUT2D eigenvalue weighted by molar-refractivity contribution is 0.548. The van der Waals surface area contributed by atoms with Crippen molar-refractivity contribution in [2.24, 2.45) is 5.92 Å². The number of benzene rings is 1. The molecule has 2 aromatic rings. The molecule has 1 aromatic carbocycles. The van der Waals surface area contributed by atoms with Gasteiger partial charge >= 0.3 is 0 Å². The molecule has 22 heavy (non-hydrogen) atoms. The zero-order valence-electron chi connectivity index (χ0n) is 15.0. The number of nitrogens with zero attached hydrogens (tertiary/aromatic N) is 1. The van der Waals surface area contributed by atoms with E-state index >= 15 is 0 Å². The van der Waals surface area contributed by atoms with Crippen LogP contribution in [0.4, 0.5) is 0 Å². The van der Waals surface area contributed by atoms with Gasteiger partial charge in [-0.2, -0.15) is 0 Å². The van der Waals surface area contributed by atoms with E-state index in [1.807, 2.05) is 0 Å². The molecule has 0 unspecified atom stereocenters. The number of para-hydroxylation sites is 1. The summed E-state index contributed by atoms with van der Waals surface area (Å²) in [5, 5.41) is 4.88. The van der Waals surface area contributed by atoms with Crippen LogP contribution in [0.25, 0.3) is 10.9 Å². The largest absolute Gasteiger partial charge is 0.312 e. The second kappa shape index (κ2) is 6.78. The molecule has 0 saturated carbocycles. The molecular formula is C20H30N2. The lowest BCUT2D eigenvalue weighted by atomic mass is 9.89. The number of aryl methyl sites for hydroxylation is 1. The van der Waals surface area contributed by atoms with Gasteiger partial charge in [-0.3, -0.25) is 4.98 Å². The molecule has 0 aliphatic rings. The molecule has 0 saturated heterocycles. The first-order valence-corrected chi connectivity index (χ1v) is 8.45. The molecule has 1 N–H and O–H groups in total. The van der Waals surface area contributed by atoms with E-state index in [1.54, 1.807) is 0 Å². The van der Waals surface area contributed by atoms with Crippen LogP contribution >= 0.6 is 0 Å². The quantitative estimate of drug-likeness (QED) is 0.854. The highest BCUT2D eigenvalue weighted by molar-refractivity contribution is 5.85. The van der Waals surface area contributed by atoms with Crippen molar-refractivity contribution >= 4 is 10.9 Å². The van der Waals surface area contributed by atoms with Crippen molar-refractivity contribution in [2.75, 3.05) is 6.54 Å². The molecule has 0 bridgehead atoms. The molecule has 0 radical (unpaired) electrons. The average molecular weight is 298 g/mol. The van der Waals surface area contributed by atoms with Gasteiger partial charge in [0.15, 0.2) is 0 Å². The van der Waals surface area contributed by atoms with Crippen LogP contribution in [0.2, 0.25) is 0 Å². The molecule has 0 amide bonds. The molecule has 2 heteroatoms. The average Bonchev–Trinajstić information content (AvgIpc) is 2.45. The zero-order valence-corrected chi connectivity index (χ0v) is 15.0. The Bertz CT molecular complexity index is 636. The summed E-state index contributed by atoms with van der Waals surface area (Å²) >= 11 is 0. The zero-order chi connectivity index (χ0) is 16.3. The van der Waals surface area contributed by atoms with Crippen molar-refractivity contribution in [3.05, 3.63) is 41.1 Å². The lowest BCUT2D eigenvalue weighted by Gasteiger charge is -2.21. The van der Waals surface area contributed by atoms with E-state index in [2.05, 4.69) is 71.1 Å². The first-order valence-electron chi connectivity index (χ1n) is 8.45. The van der Waals surface area contributed by atoms with Crippen LogP contribution < -0.4 is 5.32 Å². The maximum atomic E-state index is 4.99. The molecule has 0 fully saturated rings. The fourth-order valence-corrected chi connectivity index (χ4v) is 2.69. The number of rotatable bonds is 5. The van der Waals surface area contributed by atoms with Gasteiger partial charge in [0.05, 0.1) is 5.52 Å². The fraction of sp³-hybridized carbons (Fsp3) is 0.550. The molecule has 120 valence electrons. The highest BCUT2D eigenvalue weighted by Crippen LogP contribution is 2.28. The van der Waals surface area contributed by atoms with Gasteiger partial charge in [-0.05, 0) is 36.1 Å². The second-order valence-electron chi connectivity index (χ2n) is 7.61. The number of fused-ring (bicyclic) bond motifs is 1. The first kappa shape index (κ1) is 17.0. The van der Waals surface area contributed by atoms with E-state index < -0.39 is 0 Å². The van der Waals surface area contributed by atoms with E-state index in [-0.39, 0.29) is 5.41 Å². The van der Waals surface area contributed by atoms with Gasteiger partial charge in [-0.15, -0.1) is 0 Å². The van der Waals surface area contributed by atoms with Gasteiger partial charge in [0.1, 0.15) is 0 Å². The summed E-state index contributed by atoms with van der Waals surface area (Å²) in [6.45, 7) is 15.4. The number of nitrogens with one attached hydrogen (secondary N) is 1. The molecule has 2 rings (SSSR count). The number of pyridine rings is 1. The van der Waals surface area contributed by atoms with Gasteiger partial charge in [0, 0.05) is 23.0 Å². The Kier molecular flexibility index (Phi) is 5.23. The molecular weight excluding hydrogens is 268 g/mol. The van der Waals surface area contributed by atoms with Crippen LogP contribution in [0, 0.1) is 5.92 Å². The van der Waals surface area contributed by atoms with Crippen molar-refractivity contribution in [2.45, 2.75) is 59.9 Å². The van der Waals surface area contributed by atoms with Crippen LogP contribution in [0.1, 0.15) is 58.4 Å². The van der Waals surface area contributed by atoms with Crippen molar-refractivity contribution in [3.63, 3.8) is 0 Å². The van der Waals surface area contributed by atoms with Gasteiger partial charge in [0.25, 0.3) is 0 Å². The predicted octanol–water partition coefficient (Wildman–Crippen LogP) is 4.84. The molecule has 0 spiro atoms. The van der Waals surface area contributed by atoms with Crippen LogP contribution in [0.5, 0.6) is 0 Å². The molecule has 0 aliphatic carbocycles. The monoisotopic (exact) mass is 298 g/mol. The summed E-state index contributed by atoms with van der Waals surface area (Å²) < 4.78 is 0. The maximum absolute atomic E-state index is 4.99. The van der Waals surface area contributed by atoms with E-state index in [4.69, 9.17) is 4.98 Å². The summed E-state index contributed by atoms with van der Waals surface area (Å²) in [5.74, 6) is 0.668. The van der Waals surface area contributed by atoms with Crippen molar-refractivity contribution in [3.8, 4) is 0 Å². The highest BCUT2D eigenvalue weighted by Gasteiger charge is 2.18. The van der Waals surface area contributed by atoms with Crippen LogP contribution in [-0.2, 0) is 18.4 Å². The molecule has 1 aromatic heterocycles. The Morgan fingerprint density at radius 3 is 2.45 bits per heavy atom. The lowest BCUT2D eigenvalue weighted by Crippen LogP contribution is -2.20.